The van der Waals surface area contributed by atoms with Gasteiger partial charge in [0.25, 0.3) is 5.91 Å². The van der Waals surface area contributed by atoms with E-state index in [0.29, 0.717) is 18.9 Å². The summed E-state index contributed by atoms with van der Waals surface area (Å²) < 4.78 is 23.8. The van der Waals surface area contributed by atoms with E-state index in [4.69, 9.17) is 9.47 Å². The molecule has 1 amide bonds. The van der Waals surface area contributed by atoms with E-state index in [1.165, 1.54) is 12.1 Å². The van der Waals surface area contributed by atoms with Gasteiger partial charge in [-0.3, -0.25) is 4.79 Å². The summed E-state index contributed by atoms with van der Waals surface area (Å²) in [5.41, 5.74) is 1.95. The summed E-state index contributed by atoms with van der Waals surface area (Å²) in [6.07, 6.45) is 0.810. The van der Waals surface area contributed by atoms with Gasteiger partial charge in [0.15, 0.2) is 6.54 Å². The first kappa shape index (κ1) is 21.1. The van der Waals surface area contributed by atoms with Crippen molar-refractivity contribution in [2.45, 2.75) is 6.42 Å². The van der Waals surface area contributed by atoms with E-state index >= 15 is 0 Å². The molecule has 1 saturated heterocycles. The molecule has 1 aliphatic heterocycles. The van der Waals surface area contributed by atoms with Gasteiger partial charge in [0.1, 0.15) is 11.6 Å². The molecule has 29 heavy (non-hydrogen) atoms. The Balaban J connectivity index is 1.34. The van der Waals surface area contributed by atoms with Crippen molar-refractivity contribution >= 4 is 17.3 Å². The molecular formula is C22H29FN3O3+. The average molecular weight is 402 g/mol. The monoisotopic (exact) mass is 402 g/mol. The fourth-order valence-corrected chi connectivity index (χ4v) is 3.24. The number of halogens is 1. The Morgan fingerprint density at radius 3 is 2.52 bits per heavy atom. The maximum atomic E-state index is 12.9. The second kappa shape index (κ2) is 10.8. The van der Waals surface area contributed by atoms with E-state index in [1.807, 2.05) is 31.3 Å². The van der Waals surface area contributed by atoms with Crippen LogP contribution in [0.5, 0.6) is 5.75 Å². The maximum absolute atomic E-state index is 12.9. The lowest BCUT2D eigenvalue weighted by Crippen LogP contribution is -3.10. The number of hydrogen-bond acceptors (Lipinski definition) is 4. The summed E-state index contributed by atoms with van der Waals surface area (Å²) in [4.78, 5) is 15.7. The summed E-state index contributed by atoms with van der Waals surface area (Å²) in [6.45, 7) is 5.03. The summed E-state index contributed by atoms with van der Waals surface area (Å²) >= 11 is 0. The zero-order valence-electron chi connectivity index (χ0n) is 16.8. The number of morpholine rings is 1. The van der Waals surface area contributed by atoms with E-state index in [-0.39, 0.29) is 11.7 Å². The number of amides is 1. The van der Waals surface area contributed by atoms with Gasteiger partial charge in [0.05, 0.1) is 33.4 Å². The topological polar surface area (TPSA) is 55.2 Å². The number of nitrogens with zero attached hydrogens (tertiary/aromatic N) is 1. The number of rotatable bonds is 9. The van der Waals surface area contributed by atoms with Crippen LogP contribution in [-0.4, -0.2) is 59.0 Å². The van der Waals surface area contributed by atoms with Crippen molar-refractivity contribution in [3.8, 4) is 5.75 Å². The fraction of sp³-hybridized carbons (Fsp3) is 0.409. The smallest absolute Gasteiger partial charge is 0.279 e. The van der Waals surface area contributed by atoms with Crippen molar-refractivity contribution in [3.05, 3.63) is 54.3 Å². The zero-order valence-corrected chi connectivity index (χ0v) is 16.8. The van der Waals surface area contributed by atoms with Gasteiger partial charge >= 0.3 is 0 Å². The first-order valence-corrected chi connectivity index (χ1v) is 10.0. The van der Waals surface area contributed by atoms with E-state index in [9.17, 15) is 9.18 Å². The molecule has 0 radical (unpaired) electrons. The molecule has 0 aromatic heterocycles. The van der Waals surface area contributed by atoms with Gasteiger partial charge in [-0.15, -0.1) is 0 Å². The molecule has 1 fully saturated rings. The number of ether oxygens (including phenoxy) is 2. The molecular weight excluding hydrogens is 373 g/mol. The molecule has 2 aromatic carbocycles. The molecule has 0 saturated carbocycles. The second-order valence-corrected chi connectivity index (χ2v) is 7.23. The Hall–Kier alpha value is -2.64. The molecule has 0 spiro atoms. The molecule has 1 aliphatic rings. The number of carbonyl (C=O) groups is 1. The van der Waals surface area contributed by atoms with Gasteiger partial charge in [-0.2, -0.15) is 0 Å². The minimum atomic E-state index is -0.275. The highest BCUT2D eigenvalue weighted by Gasteiger charge is 2.13. The highest BCUT2D eigenvalue weighted by atomic mass is 19.1. The van der Waals surface area contributed by atoms with Crippen molar-refractivity contribution in [1.29, 1.82) is 0 Å². The van der Waals surface area contributed by atoms with Crippen molar-refractivity contribution in [3.63, 3.8) is 0 Å². The SMILES string of the molecule is C[NH+](CCCOc1ccc(F)cc1)CC(=O)Nc1ccc(N2CCOCC2)cc1. The van der Waals surface area contributed by atoms with Crippen LogP contribution in [-0.2, 0) is 9.53 Å². The predicted molar refractivity (Wildman–Crippen MR) is 111 cm³/mol. The van der Waals surface area contributed by atoms with E-state index in [0.717, 1.165) is 55.5 Å². The van der Waals surface area contributed by atoms with Gasteiger partial charge in [0.2, 0.25) is 0 Å². The fourth-order valence-electron chi connectivity index (χ4n) is 3.24. The molecule has 6 nitrogen and oxygen atoms in total. The number of hydrogen-bond donors (Lipinski definition) is 2. The van der Waals surface area contributed by atoms with Gasteiger partial charge in [-0.1, -0.05) is 0 Å². The van der Waals surface area contributed by atoms with Gasteiger partial charge < -0.3 is 24.6 Å². The molecule has 1 unspecified atom stereocenters. The van der Waals surface area contributed by atoms with E-state index in [2.05, 4.69) is 10.2 Å². The highest BCUT2D eigenvalue weighted by molar-refractivity contribution is 5.91. The number of carbonyl (C=O) groups excluding carboxylic acids is 1. The summed E-state index contributed by atoms with van der Waals surface area (Å²) in [5.74, 6) is 0.367. The Morgan fingerprint density at radius 1 is 1.14 bits per heavy atom. The van der Waals surface area contributed by atoms with Crippen LogP contribution in [0.2, 0.25) is 0 Å². The van der Waals surface area contributed by atoms with E-state index < -0.39 is 0 Å². The first-order valence-electron chi connectivity index (χ1n) is 10.0. The normalized spacial score (nSPS) is 15.0. The Bertz CT molecular complexity index is 762. The van der Waals surface area contributed by atoms with Crippen LogP contribution in [0.1, 0.15) is 6.42 Å². The predicted octanol–water partition coefficient (Wildman–Crippen LogP) is 1.58. The largest absolute Gasteiger partial charge is 0.493 e. The van der Waals surface area contributed by atoms with Crippen molar-refractivity contribution in [1.82, 2.24) is 0 Å². The minimum absolute atomic E-state index is 0.0129. The van der Waals surface area contributed by atoms with Gasteiger partial charge in [0, 0.05) is 30.9 Å². The van der Waals surface area contributed by atoms with Crippen LogP contribution < -0.4 is 19.9 Å². The third kappa shape index (κ3) is 7.03. The van der Waals surface area contributed by atoms with Crippen LogP contribution in [0, 0.1) is 5.82 Å². The maximum Gasteiger partial charge on any atom is 0.279 e. The lowest BCUT2D eigenvalue weighted by Gasteiger charge is -2.28. The number of benzene rings is 2. The van der Waals surface area contributed by atoms with E-state index in [1.54, 1.807) is 12.1 Å². The lowest BCUT2D eigenvalue weighted by molar-refractivity contribution is -0.871. The quantitative estimate of drug-likeness (QED) is 0.626. The molecule has 7 heteroatoms. The Morgan fingerprint density at radius 2 is 1.83 bits per heavy atom. The standard InChI is InChI=1S/C22H28FN3O3/c1-25(11-2-14-29-21-9-3-18(23)4-10-21)17-22(27)24-19-5-7-20(8-6-19)26-12-15-28-16-13-26/h3-10H,2,11-17H2,1H3,(H,24,27)/p+1. The third-order valence-electron chi connectivity index (χ3n) is 4.82. The minimum Gasteiger partial charge on any atom is -0.493 e. The van der Waals surface area contributed by atoms with Gasteiger partial charge in [-0.25, -0.2) is 4.39 Å². The number of anilines is 2. The summed E-state index contributed by atoms with van der Waals surface area (Å²) in [5, 5.41) is 2.95. The second-order valence-electron chi connectivity index (χ2n) is 7.23. The molecule has 1 atom stereocenters. The van der Waals surface area contributed by atoms with Gasteiger partial charge in [-0.05, 0) is 48.5 Å². The average Bonchev–Trinajstić information content (AvgIpc) is 2.73. The summed E-state index contributed by atoms with van der Waals surface area (Å²) in [6, 6.07) is 13.9. The van der Waals surface area contributed by atoms with Crippen molar-refractivity contribution < 1.29 is 23.6 Å². The number of likely N-dealkylation sites (N-methyl/N-ethyl adjacent to an activating group) is 1. The number of nitrogens with one attached hydrogen (secondary N) is 2. The van der Waals surface area contributed by atoms with Crippen LogP contribution >= 0.6 is 0 Å². The molecule has 156 valence electrons. The van der Waals surface area contributed by atoms with Crippen LogP contribution in [0.15, 0.2) is 48.5 Å². The molecule has 2 N–H and O–H groups in total. The van der Waals surface area contributed by atoms with Crippen LogP contribution in [0.3, 0.4) is 0 Å². The number of quaternary nitrogens is 1. The molecule has 0 aliphatic carbocycles. The van der Waals surface area contributed by atoms with Crippen LogP contribution in [0.25, 0.3) is 0 Å². The molecule has 3 rings (SSSR count). The highest BCUT2D eigenvalue weighted by Crippen LogP contribution is 2.18. The lowest BCUT2D eigenvalue weighted by atomic mass is 10.2. The summed E-state index contributed by atoms with van der Waals surface area (Å²) in [7, 11) is 1.99. The molecule has 1 heterocycles. The Labute approximate surface area is 171 Å². The molecule has 2 aromatic rings. The first-order chi connectivity index (χ1) is 14.1. The van der Waals surface area contributed by atoms with Crippen molar-refractivity contribution in [2.75, 3.05) is 63.3 Å². The zero-order chi connectivity index (χ0) is 20.5. The third-order valence-corrected chi connectivity index (χ3v) is 4.82. The molecule has 0 bridgehead atoms. The Kier molecular flexibility index (Phi) is 7.84. The van der Waals surface area contributed by atoms with Crippen molar-refractivity contribution in [2.24, 2.45) is 0 Å². The van der Waals surface area contributed by atoms with Crippen LogP contribution in [0.4, 0.5) is 15.8 Å².